The Morgan fingerprint density at radius 3 is 2.17 bits per heavy atom. The zero-order chi connectivity index (χ0) is 37.1. The van der Waals surface area contributed by atoms with Crippen LogP contribution >= 0.6 is 0 Å². The van der Waals surface area contributed by atoms with Crippen LogP contribution in [0, 0.1) is 19.1 Å². The van der Waals surface area contributed by atoms with Crippen LogP contribution < -0.4 is 4.74 Å². The molecule has 274 valence electrons. The van der Waals surface area contributed by atoms with Crippen LogP contribution in [0.1, 0.15) is 109 Å². The fourth-order valence-corrected chi connectivity index (χ4v) is 7.63. The second-order valence-corrected chi connectivity index (χ2v) is 16.8. The molecule has 7 rings (SSSR count). The van der Waals surface area contributed by atoms with Gasteiger partial charge >= 0.3 is 21.1 Å². The predicted octanol–water partition coefficient (Wildman–Crippen LogP) is 12.6. The first kappa shape index (κ1) is 38.3. The largest absolute Gasteiger partial charge is 2.00 e. The SMILES string of the molecule is Cc1ccnc(-n2c3[c-]c(Oc4[c-]c(-n5cc(-c6c(C(C)(C)C)cc(C(C)C)c(C(C)C)c6C(C)(C)C)cn5)ccc4)ccc3c3ccccc32)c1.[Pt+2]. The number of aromatic nitrogens is 4. The van der Waals surface area contributed by atoms with Crippen molar-refractivity contribution in [3.63, 3.8) is 0 Å². The summed E-state index contributed by atoms with van der Waals surface area (Å²) in [6.45, 7) is 25.4. The maximum absolute atomic E-state index is 6.47. The molecule has 6 heteroatoms. The van der Waals surface area contributed by atoms with Crippen LogP contribution in [0.5, 0.6) is 11.5 Å². The van der Waals surface area contributed by atoms with E-state index in [1.54, 1.807) is 0 Å². The Hall–Kier alpha value is -4.47. The van der Waals surface area contributed by atoms with Crippen molar-refractivity contribution >= 4 is 21.8 Å². The summed E-state index contributed by atoms with van der Waals surface area (Å²) in [6, 6.07) is 32.1. The molecule has 0 atom stereocenters. The third-order valence-electron chi connectivity index (χ3n) is 9.93. The number of nitrogens with zero attached hydrogens (tertiary/aromatic N) is 4. The van der Waals surface area contributed by atoms with Crippen molar-refractivity contribution < 1.29 is 25.8 Å². The van der Waals surface area contributed by atoms with Crippen LogP contribution in [-0.4, -0.2) is 19.3 Å². The quantitative estimate of drug-likeness (QED) is 0.150. The van der Waals surface area contributed by atoms with Gasteiger partial charge in [0, 0.05) is 35.0 Å². The number of para-hydroxylation sites is 1. The predicted molar refractivity (Wildman–Crippen MR) is 216 cm³/mol. The van der Waals surface area contributed by atoms with Gasteiger partial charge in [-0.05, 0) is 92.2 Å². The number of ether oxygens (including phenoxy) is 1. The molecule has 0 aliphatic carbocycles. The minimum Gasteiger partial charge on any atom is -0.509 e. The van der Waals surface area contributed by atoms with Crippen molar-refractivity contribution in [1.29, 1.82) is 0 Å². The monoisotopic (exact) mass is 881 g/mol. The van der Waals surface area contributed by atoms with Gasteiger partial charge < -0.3 is 9.30 Å². The van der Waals surface area contributed by atoms with Crippen LogP contribution in [0.2, 0.25) is 0 Å². The molecule has 0 bridgehead atoms. The van der Waals surface area contributed by atoms with Crippen molar-refractivity contribution in [1.82, 2.24) is 19.3 Å². The molecule has 0 unspecified atom stereocenters. The van der Waals surface area contributed by atoms with E-state index in [9.17, 15) is 0 Å². The van der Waals surface area contributed by atoms with Crippen LogP contribution in [0.3, 0.4) is 0 Å². The number of hydrogen-bond donors (Lipinski definition) is 0. The molecule has 7 aromatic rings. The molecule has 0 spiro atoms. The van der Waals surface area contributed by atoms with Crippen LogP contribution in [0.4, 0.5) is 0 Å². The number of rotatable bonds is 7. The molecule has 0 saturated carbocycles. The maximum Gasteiger partial charge on any atom is 2.00 e. The molecule has 5 nitrogen and oxygen atoms in total. The van der Waals surface area contributed by atoms with Crippen molar-refractivity contribution in [2.75, 3.05) is 0 Å². The normalized spacial score (nSPS) is 12.2. The standard InChI is InChI=1S/C47H50N4O.Pt/c1-29(2)38-26-39(46(6,7)8)44(45(47(9,10)11)43(38)30(3)4)32-27-49-50(28-32)33-15-14-16-34(24-33)52-35-19-20-37-36-17-12-13-18-40(36)51(41(37)25-35)42-23-31(5)21-22-48-42;/h12-23,26-30H,1-11H3;/q-2;+2. The Morgan fingerprint density at radius 2 is 1.49 bits per heavy atom. The average molecular weight is 882 g/mol. The smallest absolute Gasteiger partial charge is 0.509 e. The number of pyridine rings is 1. The van der Waals surface area contributed by atoms with Crippen molar-refractivity contribution in [3.8, 4) is 34.1 Å². The third kappa shape index (κ3) is 7.26. The van der Waals surface area contributed by atoms with E-state index in [-0.39, 0.29) is 31.9 Å². The topological polar surface area (TPSA) is 44.9 Å². The Bertz CT molecular complexity index is 2430. The van der Waals surface area contributed by atoms with Gasteiger partial charge in [0.2, 0.25) is 0 Å². The first-order valence-corrected chi connectivity index (χ1v) is 18.5. The van der Waals surface area contributed by atoms with Gasteiger partial charge in [-0.15, -0.1) is 35.7 Å². The number of hydrogen-bond acceptors (Lipinski definition) is 3. The van der Waals surface area contributed by atoms with Gasteiger partial charge in [0.15, 0.2) is 0 Å². The van der Waals surface area contributed by atoms with Crippen molar-refractivity contribution in [3.05, 3.63) is 131 Å². The number of benzene rings is 4. The summed E-state index contributed by atoms with van der Waals surface area (Å²) >= 11 is 0. The maximum atomic E-state index is 6.47. The summed E-state index contributed by atoms with van der Waals surface area (Å²) in [6.07, 6.45) is 6.02. The Kier molecular flexibility index (Phi) is 10.4. The van der Waals surface area contributed by atoms with Crippen molar-refractivity contribution in [2.24, 2.45) is 0 Å². The molecular formula is C47H50N4OPt. The first-order chi connectivity index (χ1) is 24.6. The fourth-order valence-electron chi connectivity index (χ4n) is 7.63. The molecule has 0 amide bonds. The third-order valence-corrected chi connectivity index (χ3v) is 9.93. The molecule has 4 aromatic carbocycles. The summed E-state index contributed by atoms with van der Waals surface area (Å²) < 4.78 is 10.5. The van der Waals surface area contributed by atoms with Gasteiger partial charge in [0.1, 0.15) is 5.82 Å². The van der Waals surface area contributed by atoms with E-state index in [2.05, 4.69) is 142 Å². The summed E-state index contributed by atoms with van der Waals surface area (Å²) in [5.41, 5.74) is 11.9. The van der Waals surface area contributed by atoms with Gasteiger partial charge in [0.05, 0.1) is 6.20 Å². The van der Waals surface area contributed by atoms with E-state index in [4.69, 9.17) is 14.8 Å². The Labute approximate surface area is 329 Å². The number of fused-ring (bicyclic) bond motifs is 3. The van der Waals surface area contributed by atoms with E-state index < -0.39 is 0 Å². The van der Waals surface area contributed by atoms with Gasteiger partial charge in [-0.1, -0.05) is 99.0 Å². The van der Waals surface area contributed by atoms with Crippen LogP contribution in [0.25, 0.3) is 44.4 Å². The van der Waals surface area contributed by atoms with E-state index in [0.29, 0.717) is 23.3 Å². The van der Waals surface area contributed by atoms with Crippen molar-refractivity contribution in [2.45, 2.75) is 98.8 Å². The molecular weight excluding hydrogens is 832 g/mol. The molecule has 0 radical (unpaired) electrons. The summed E-state index contributed by atoms with van der Waals surface area (Å²) in [5, 5.41) is 7.16. The van der Waals surface area contributed by atoms with E-state index in [1.165, 1.54) is 27.8 Å². The minimum atomic E-state index is -0.0689. The molecule has 3 heterocycles. The van der Waals surface area contributed by atoms with Gasteiger partial charge in [-0.3, -0.25) is 4.68 Å². The zero-order valence-corrected chi connectivity index (χ0v) is 35.1. The molecule has 0 N–H and O–H groups in total. The van der Waals surface area contributed by atoms with E-state index in [0.717, 1.165) is 44.4 Å². The fraction of sp³-hybridized carbons (Fsp3) is 0.319. The Balaban J connectivity index is 0.00000481. The zero-order valence-electron chi connectivity index (χ0n) is 32.8. The van der Waals surface area contributed by atoms with Crippen LogP contribution in [-0.2, 0) is 31.9 Å². The summed E-state index contributed by atoms with van der Waals surface area (Å²) in [5.74, 6) is 2.87. The summed E-state index contributed by atoms with van der Waals surface area (Å²) in [7, 11) is 0. The van der Waals surface area contributed by atoms with Gasteiger partial charge in [-0.25, -0.2) is 4.98 Å². The number of aryl methyl sites for hydroxylation is 1. The second-order valence-electron chi connectivity index (χ2n) is 16.8. The first-order valence-electron chi connectivity index (χ1n) is 18.5. The molecule has 3 aromatic heterocycles. The van der Waals surface area contributed by atoms with Gasteiger partial charge in [0.25, 0.3) is 0 Å². The summed E-state index contributed by atoms with van der Waals surface area (Å²) in [4.78, 5) is 4.71. The molecule has 0 saturated heterocycles. The molecule has 0 aliphatic heterocycles. The molecule has 53 heavy (non-hydrogen) atoms. The van der Waals surface area contributed by atoms with E-state index >= 15 is 0 Å². The molecule has 0 aliphatic rings. The minimum absolute atomic E-state index is 0. The second kappa shape index (κ2) is 14.4. The Morgan fingerprint density at radius 1 is 0.755 bits per heavy atom. The average Bonchev–Trinajstić information content (AvgIpc) is 3.70. The van der Waals surface area contributed by atoms with Crippen LogP contribution in [0.15, 0.2) is 91.4 Å². The van der Waals surface area contributed by atoms with Gasteiger partial charge in [-0.2, -0.15) is 17.2 Å². The van der Waals surface area contributed by atoms with E-state index in [1.807, 2.05) is 47.4 Å². The molecule has 0 fully saturated rings.